The Morgan fingerprint density at radius 1 is 1.04 bits per heavy atom. The minimum Gasteiger partial charge on any atom is -0.493 e. The van der Waals surface area contributed by atoms with Crippen LogP contribution in [0.1, 0.15) is 59.3 Å². The molecule has 0 aromatic heterocycles. The van der Waals surface area contributed by atoms with E-state index in [0.29, 0.717) is 42.4 Å². The quantitative estimate of drug-likeness (QED) is 0.252. The molecule has 1 saturated heterocycles. The number of ether oxygens (including phenoxy) is 8. The summed E-state index contributed by atoms with van der Waals surface area (Å²) in [5.41, 5.74) is 6.01. The molecule has 4 heterocycles. The summed E-state index contributed by atoms with van der Waals surface area (Å²) in [6, 6.07) is 3.67. The lowest BCUT2D eigenvalue weighted by Gasteiger charge is -2.60. The van der Waals surface area contributed by atoms with Crippen LogP contribution in [0, 0.1) is 25.2 Å². The van der Waals surface area contributed by atoms with Gasteiger partial charge in [-0.15, -0.1) is 0 Å². The highest BCUT2D eigenvalue weighted by Gasteiger charge is 2.57. The molecule has 0 radical (unpaired) electrons. The van der Waals surface area contributed by atoms with Crippen LogP contribution in [0.2, 0.25) is 0 Å². The number of fused-ring (bicyclic) bond motifs is 9. The zero-order valence-corrected chi connectivity index (χ0v) is 28.1. The van der Waals surface area contributed by atoms with Gasteiger partial charge in [-0.3, -0.25) is 9.80 Å². The summed E-state index contributed by atoms with van der Waals surface area (Å²) in [4.78, 5) is 4.69. The number of hydrogen-bond donors (Lipinski definition) is 0. The predicted octanol–water partition coefficient (Wildman–Crippen LogP) is 4.76. The molecular formula is C35H45N3O8. The fraction of sp³-hybridized carbons (Fsp3) is 0.571. The van der Waals surface area contributed by atoms with Crippen molar-refractivity contribution >= 4 is 0 Å². The fourth-order valence-electron chi connectivity index (χ4n) is 7.90. The third-order valence-electron chi connectivity index (χ3n) is 9.99. The van der Waals surface area contributed by atoms with E-state index in [-0.39, 0.29) is 44.4 Å². The third kappa shape index (κ3) is 5.07. The van der Waals surface area contributed by atoms with Gasteiger partial charge in [0.25, 0.3) is 0 Å². The van der Waals surface area contributed by atoms with Crippen molar-refractivity contribution in [1.29, 1.82) is 5.26 Å². The van der Waals surface area contributed by atoms with E-state index in [0.717, 1.165) is 39.1 Å². The molecule has 0 aliphatic carbocycles. The van der Waals surface area contributed by atoms with Crippen molar-refractivity contribution in [2.45, 2.75) is 76.5 Å². The summed E-state index contributed by atoms with van der Waals surface area (Å²) >= 11 is 0. The molecular weight excluding hydrogens is 590 g/mol. The van der Waals surface area contributed by atoms with E-state index in [1.807, 2.05) is 27.7 Å². The number of methoxy groups -OCH3 is 3. The fourth-order valence-corrected chi connectivity index (χ4v) is 7.90. The highest BCUT2D eigenvalue weighted by molar-refractivity contribution is 5.66. The molecule has 2 aromatic rings. The van der Waals surface area contributed by atoms with Crippen LogP contribution in [0.15, 0.2) is 18.7 Å². The molecule has 248 valence electrons. The van der Waals surface area contributed by atoms with Crippen molar-refractivity contribution in [3.05, 3.63) is 52.1 Å². The standard InChI is InChI=1S/C35H45N3O8/c1-10-11-42-31-20(3)32-34(45-18-44-32)28-22(31)14-24-29-27-21(12-19(2)30(40-8)33(27)43-17-39-7)13-23(37(29)6)25(15-36)38(24)26(28)16-46-35(4,5)41-9/h10,12,23-26,29H,1,11,13-14,16-18H2,2-9H3/t23?,24-,25-,26-,29?/m0/s1. The Labute approximate surface area is 271 Å². The average molecular weight is 636 g/mol. The first kappa shape index (κ1) is 32.4. The molecule has 2 aromatic carbocycles. The summed E-state index contributed by atoms with van der Waals surface area (Å²) in [6.07, 6.45) is 2.99. The lowest BCUT2D eigenvalue weighted by atomic mass is 9.71. The Kier molecular flexibility index (Phi) is 8.87. The summed E-state index contributed by atoms with van der Waals surface area (Å²) in [5.74, 6) is 2.60. The van der Waals surface area contributed by atoms with Crippen LogP contribution in [0.4, 0.5) is 0 Å². The maximum atomic E-state index is 10.9. The van der Waals surface area contributed by atoms with Crippen LogP contribution in [0.3, 0.4) is 0 Å². The van der Waals surface area contributed by atoms with E-state index in [9.17, 15) is 5.26 Å². The van der Waals surface area contributed by atoms with Gasteiger partial charge in [0.15, 0.2) is 35.6 Å². The van der Waals surface area contributed by atoms with Crippen molar-refractivity contribution in [3.8, 4) is 34.8 Å². The Morgan fingerprint density at radius 3 is 2.48 bits per heavy atom. The number of piperazine rings is 1. The van der Waals surface area contributed by atoms with Crippen LogP contribution in [-0.2, 0) is 27.1 Å². The number of hydrogen-bond acceptors (Lipinski definition) is 11. The maximum absolute atomic E-state index is 10.9. The van der Waals surface area contributed by atoms with Gasteiger partial charge >= 0.3 is 0 Å². The van der Waals surface area contributed by atoms with Crippen LogP contribution in [0.25, 0.3) is 0 Å². The van der Waals surface area contributed by atoms with Crippen molar-refractivity contribution in [2.75, 3.05) is 55.2 Å². The van der Waals surface area contributed by atoms with E-state index in [1.165, 1.54) is 0 Å². The Balaban J connectivity index is 1.61. The average Bonchev–Trinajstić information content (AvgIpc) is 3.53. The van der Waals surface area contributed by atoms with Gasteiger partial charge in [0.05, 0.1) is 31.9 Å². The van der Waals surface area contributed by atoms with E-state index >= 15 is 0 Å². The molecule has 0 saturated carbocycles. The number of aryl methyl sites for hydroxylation is 1. The van der Waals surface area contributed by atoms with Gasteiger partial charge in [-0.05, 0) is 58.7 Å². The number of rotatable bonds is 11. The lowest BCUT2D eigenvalue weighted by molar-refractivity contribution is -0.212. The van der Waals surface area contributed by atoms with E-state index in [2.05, 4.69) is 35.6 Å². The smallest absolute Gasteiger partial charge is 0.231 e. The predicted molar refractivity (Wildman–Crippen MR) is 170 cm³/mol. The van der Waals surface area contributed by atoms with Crippen LogP contribution >= 0.6 is 0 Å². The highest BCUT2D eigenvalue weighted by Crippen LogP contribution is 2.58. The zero-order chi connectivity index (χ0) is 32.9. The Morgan fingerprint density at radius 2 is 1.80 bits per heavy atom. The van der Waals surface area contributed by atoms with E-state index in [1.54, 1.807) is 27.4 Å². The second kappa shape index (κ2) is 12.6. The summed E-state index contributed by atoms with van der Waals surface area (Å²) in [7, 11) is 7.02. The first-order chi connectivity index (χ1) is 22.1. The van der Waals surface area contributed by atoms with Gasteiger partial charge in [-0.25, -0.2) is 0 Å². The third-order valence-corrected chi connectivity index (χ3v) is 9.99. The SMILES string of the molecule is C=CCOc1c(C)c2c(c3c1C[C@H]1C4c5c(cc(C)c(OC)c5OCOC)CC([C@H](C#N)N1[C@H]3COC(C)(C)OC)N4C)OCO2. The van der Waals surface area contributed by atoms with E-state index in [4.69, 9.17) is 37.9 Å². The van der Waals surface area contributed by atoms with Crippen molar-refractivity contribution in [3.63, 3.8) is 0 Å². The molecule has 0 amide bonds. The molecule has 6 rings (SSSR count). The molecule has 46 heavy (non-hydrogen) atoms. The Hall–Kier alpha value is -3.53. The molecule has 4 aliphatic rings. The first-order valence-electron chi connectivity index (χ1n) is 15.7. The highest BCUT2D eigenvalue weighted by atomic mass is 16.7. The molecule has 11 heteroatoms. The zero-order valence-electron chi connectivity index (χ0n) is 28.1. The van der Waals surface area contributed by atoms with Gasteiger partial charge in [0.2, 0.25) is 6.79 Å². The second-order valence-electron chi connectivity index (χ2n) is 12.8. The molecule has 0 spiro atoms. The minimum atomic E-state index is -0.857. The van der Waals surface area contributed by atoms with Crippen molar-refractivity contribution in [1.82, 2.24) is 9.80 Å². The topological polar surface area (TPSA) is 104 Å². The Bertz CT molecular complexity index is 1550. The number of likely N-dealkylation sites (N-methyl/N-ethyl adjacent to an activating group) is 1. The lowest BCUT2D eigenvalue weighted by Crippen LogP contribution is -2.68. The minimum absolute atomic E-state index is 0.0783. The molecule has 5 atom stereocenters. The summed E-state index contributed by atoms with van der Waals surface area (Å²) in [6.45, 7) is 12.5. The number of nitriles is 1. The summed E-state index contributed by atoms with van der Waals surface area (Å²) < 4.78 is 48.4. The van der Waals surface area contributed by atoms with Crippen LogP contribution in [0.5, 0.6) is 28.7 Å². The number of nitrogens with zero attached hydrogens (tertiary/aromatic N) is 3. The maximum Gasteiger partial charge on any atom is 0.231 e. The first-order valence-corrected chi connectivity index (χ1v) is 15.7. The molecule has 4 aliphatic heterocycles. The molecule has 2 unspecified atom stereocenters. The van der Waals surface area contributed by atoms with Crippen LogP contribution in [-0.4, -0.2) is 88.9 Å². The van der Waals surface area contributed by atoms with Gasteiger partial charge in [-0.2, -0.15) is 5.26 Å². The molecule has 2 bridgehead atoms. The van der Waals surface area contributed by atoms with Crippen molar-refractivity contribution in [2.24, 2.45) is 0 Å². The molecule has 11 nitrogen and oxygen atoms in total. The van der Waals surface area contributed by atoms with Gasteiger partial charge in [0.1, 0.15) is 18.4 Å². The second-order valence-corrected chi connectivity index (χ2v) is 12.8. The van der Waals surface area contributed by atoms with Gasteiger partial charge < -0.3 is 37.9 Å². The van der Waals surface area contributed by atoms with Crippen LogP contribution < -0.4 is 23.7 Å². The largest absolute Gasteiger partial charge is 0.493 e. The van der Waals surface area contributed by atoms with Crippen molar-refractivity contribution < 1.29 is 37.9 Å². The summed E-state index contributed by atoms with van der Waals surface area (Å²) in [5, 5.41) is 10.9. The van der Waals surface area contributed by atoms with Gasteiger partial charge in [-0.1, -0.05) is 18.7 Å². The van der Waals surface area contributed by atoms with Gasteiger partial charge in [0, 0.05) is 48.6 Å². The molecule has 0 N–H and O–H groups in total. The van der Waals surface area contributed by atoms with E-state index < -0.39 is 11.8 Å². The molecule has 1 fully saturated rings. The number of benzene rings is 2. The monoisotopic (exact) mass is 635 g/mol. The normalized spacial score (nSPS) is 24.8.